The molecule has 0 aliphatic carbocycles. The van der Waals surface area contributed by atoms with Crippen LogP contribution in [0.5, 0.6) is 0 Å². The Morgan fingerprint density at radius 1 is 0.964 bits per heavy atom. The van der Waals surface area contributed by atoms with Gasteiger partial charge in [-0.3, -0.25) is 9.48 Å². The first-order valence-electron chi connectivity index (χ1n) is 6.99. The smallest absolute Gasteiger partial charge is 0.319 e. The largest absolute Gasteiger partial charge is 0.433 e. The summed E-state index contributed by atoms with van der Waals surface area (Å²) < 4.78 is 130. The van der Waals surface area contributed by atoms with Gasteiger partial charge in [-0.15, -0.1) is 0 Å². The van der Waals surface area contributed by atoms with Gasteiger partial charge in [-0.1, -0.05) is 0 Å². The number of rotatable bonds is 3. The Bertz CT molecular complexity index is 900. The lowest BCUT2D eigenvalue weighted by atomic mass is 10.1. The standard InChI is InChI=1S/C14H7F10N3O/c1-4-2-5(13(19,20)21)27(26-4)3-6(28)25-12-10(17)8(15)7(14(22,23)24)9(16)11(12)18/h2H,3H2,1H3,(H,25,28). The zero-order valence-corrected chi connectivity index (χ0v) is 13.4. The monoisotopic (exact) mass is 423 g/mol. The van der Waals surface area contributed by atoms with Gasteiger partial charge in [0.15, 0.2) is 23.3 Å². The van der Waals surface area contributed by atoms with Crippen molar-refractivity contribution >= 4 is 11.6 Å². The van der Waals surface area contributed by atoms with Gasteiger partial charge >= 0.3 is 12.4 Å². The fourth-order valence-electron chi connectivity index (χ4n) is 2.20. The van der Waals surface area contributed by atoms with Crippen LogP contribution in [0, 0.1) is 30.2 Å². The van der Waals surface area contributed by atoms with Crippen molar-refractivity contribution in [2.24, 2.45) is 0 Å². The Morgan fingerprint density at radius 2 is 1.46 bits per heavy atom. The third-order valence-electron chi connectivity index (χ3n) is 3.30. The van der Waals surface area contributed by atoms with E-state index in [-0.39, 0.29) is 10.4 Å². The normalized spacial score (nSPS) is 12.4. The third kappa shape index (κ3) is 4.04. The molecular formula is C14H7F10N3O. The first kappa shape index (κ1) is 21.5. The van der Waals surface area contributed by atoms with E-state index in [0.717, 1.165) is 6.92 Å². The average molecular weight is 423 g/mol. The van der Waals surface area contributed by atoms with Gasteiger partial charge in [0.2, 0.25) is 5.91 Å². The van der Waals surface area contributed by atoms with E-state index in [0.29, 0.717) is 6.07 Å². The summed E-state index contributed by atoms with van der Waals surface area (Å²) in [7, 11) is 0. The zero-order chi connectivity index (χ0) is 21.6. The molecule has 1 heterocycles. The van der Waals surface area contributed by atoms with E-state index in [1.54, 1.807) is 0 Å². The zero-order valence-electron chi connectivity index (χ0n) is 13.4. The highest BCUT2D eigenvalue weighted by molar-refractivity contribution is 5.91. The van der Waals surface area contributed by atoms with Gasteiger partial charge in [0, 0.05) is 0 Å². The Hall–Kier alpha value is -2.80. The molecule has 0 aliphatic rings. The second-order valence-electron chi connectivity index (χ2n) is 5.38. The molecule has 154 valence electrons. The number of carbonyl (C=O) groups is 1. The molecule has 0 fully saturated rings. The van der Waals surface area contributed by atoms with E-state index < -0.39 is 65.0 Å². The minimum atomic E-state index is -5.79. The molecular weight excluding hydrogens is 416 g/mol. The molecule has 4 nitrogen and oxygen atoms in total. The minimum Gasteiger partial charge on any atom is -0.319 e. The summed E-state index contributed by atoms with van der Waals surface area (Å²) in [6.45, 7) is -0.157. The third-order valence-corrected chi connectivity index (χ3v) is 3.30. The van der Waals surface area contributed by atoms with Gasteiger partial charge in [0.1, 0.15) is 23.5 Å². The second kappa shape index (κ2) is 6.98. The van der Waals surface area contributed by atoms with Crippen LogP contribution in [-0.2, 0) is 23.7 Å². The molecule has 0 radical (unpaired) electrons. The maximum atomic E-state index is 13.7. The molecule has 0 atom stereocenters. The molecule has 0 bridgehead atoms. The van der Waals surface area contributed by atoms with Crippen molar-refractivity contribution in [3.63, 3.8) is 0 Å². The number of hydrogen-bond acceptors (Lipinski definition) is 2. The van der Waals surface area contributed by atoms with Crippen LogP contribution in [0.4, 0.5) is 49.6 Å². The number of nitrogens with zero attached hydrogens (tertiary/aromatic N) is 2. The second-order valence-corrected chi connectivity index (χ2v) is 5.38. The topological polar surface area (TPSA) is 46.9 Å². The lowest BCUT2D eigenvalue weighted by molar-refractivity contribution is -0.145. The predicted molar refractivity (Wildman–Crippen MR) is 71.9 cm³/mol. The minimum absolute atomic E-state index is 0.0945. The van der Waals surface area contributed by atoms with E-state index in [2.05, 4.69) is 5.10 Å². The SMILES string of the molecule is Cc1cc(C(F)(F)F)n(CC(=O)Nc2c(F)c(F)c(C(F)(F)F)c(F)c2F)n1. The number of aromatic nitrogens is 2. The van der Waals surface area contributed by atoms with Gasteiger partial charge in [0.25, 0.3) is 0 Å². The summed E-state index contributed by atoms with van der Waals surface area (Å²) >= 11 is 0. The van der Waals surface area contributed by atoms with Crippen LogP contribution in [0.25, 0.3) is 0 Å². The quantitative estimate of drug-likeness (QED) is 0.587. The summed E-state index contributed by atoms with van der Waals surface area (Å²) in [5.41, 5.74) is -6.37. The van der Waals surface area contributed by atoms with Gasteiger partial charge in [-0.2, -0.15) is 31.4 Å². The summed E-state index contributed by atoms with van der Waals surface area (Å²) in [6, 6.07) is 0.548. The number of anilines is 1. The average Bonchev–Trinajstić information content (AvgIpc) is 2.89. The van der Waals surface area contributed by atoms with Crippen molar-refractivity contribution in [3.05, 3.63) is 46.3 Å². The van der Waals surface area contributed by atoms with Crippen LogP contribution >= 0.6 is 0 Å². The number of alkyl halides is 6. The van der Waals surface area contributed by atoms with Crippen LogP contribution in [0.1, 0.15) is 17.0 Å². The van der Waals surface area contributed by atoms with Crippen molar-refractivity contribution < 1.29 is 48.7 Å². The van der Waals surface area contributed by atoms with E-state index in [1.807, 2.05) is 0 Å². The van der Waals surface area contributed by atoms with Gasteiger partial charge in [-0.25, -0.2) is 17.6 Å². The molecule has 28 heavy (non-hydrogen) atoms. The number of aryl methyl sites for hydroxylation is 1. The number of amides is 1. The molecule has 1 aromatic heterocycles. The number of halogens is 10. The molecule has 2 rings (SSSR count). The van der Waals surface area contributed by atoms with E-state index in [1.165, 1.54) is 5.32 Å². The Labute approximate surface area is 148 Å². The lowest BCUT2D eigenvalue weighted by Crippen LogP contribution is -2.25. The van der Waals surface area contributed by atoms with Crippen molar-refractivity contribution in [2.45, 2.75) is 25.8 Å². The molecule has 1 aromatic carbocycles. The first-order valence-corrected chi connectivity index (χ1v) is 6.99. The van der Waals surface area contributed by atoms with E-state index in [9.17, 15) is 48.7 Å². The first-order chi connectivity index (χ1) is 12.6. The molecule has 0 saturated heterocycles. The highest BCUT2D eigenvalue weighted by atomic mass is 19.4. The highest BCUT2D eigenvalue weighted by Gasteiger charge is 2.42. The number of hydrogen-bond donors (Lipinski definition) is 1. The fourth-order valence-corrected chi connectivity index (χ4v) is 2.20. The number of nitrogens with one attached hydrogen (secondary N) is 1. The van der Waals surface area contributed by atoms with Crippen molar-refractivity contribution in [1.29, 1.82) is 0 Å². The molecule has 0 unspecified atom stereocenters. The van der Waals surface area contributed by atoms with Gasteiger partial charge < -0.3 is 5.32 Å². The fraction of sp³-hybridized carbons (Fsp3) is 0.286. The van der Waals surface area contributed by atoms with Crippen LogP contribution in [-0.4, -0.2) is 15.7 Å². The van der Waals surface area contributed by atoms with E-state index >= 15 is 0 Å². The molecule has 0 aliphatic heterocycles. The summed E-state index contributed by atoms with van der Waals surface area (Å²) in [5.74, 6) is -12.4. The van der Waals surface area contributed by atoms with Crippen LogP contribution in [0.3, 0.4) is 0 Å². The molecule has 1 N–H and O–H groups in total. The summed E-state index contributed by atoms with van der Waals surface area (Å²) in [4.78, 5) is 11.7. The van der Waals surface area contributed by atoms with Crippen LogP contribution in [0.2, 0.25) is 0 Å². The van der Waals surface area contributed by atoms with Crippen LogP contribution < -0.4 is 5.32 Å². The number of carbonyl (C=O) groups excluding carboxylic acids is 1. The molecule has 1 amide bonds. The van der Waals surface area contributed by atoms with Crippen molar-refractivity contribution in [1.82, 2.24) is 9.78 Å². The van der Waals surface area contributed by atoms with E-state index in [4.69, 9.17) is 0 Å². The maximum Gasteiger partial charge on any atom is 0.433 e. The highest BCUT2D eigenvalue weighted by Crippen LogP contribution is 2.38. The molecule has 14 heteroatoms. The van der Waals surface area contributed by atoms with Gasteiger partial charge in [0.05, 0.1) is 5.69 Å². The Balaban J connectivity index is 2.39. The maximum absolute atomic E-state index is 13.7. The van der Waals surface area contributed by atoms with Crippen LogP contribution in [0.15, 0.2) is 6.07 Å². The lowest BCUT2D eigenvalue weighted by Gasteiger charge is -2.15. The number of benzene rings is 1. The Morgan fingerprint density at radius 3 is 1.89 bits per heavy atom. The van der Waals surface area contributed by atoms with Gasteiger partial charge in [-0.05, 0) is 13.0 Å². The summed E-state index contributed by atoms with van der Waals surface area (Å²) in [5, 5.41) is 4.55. The van der Waals surface area contributed by atoms with Crippen molar-refractivity contribution in [2.75, 3.05) is 5.32 Å². The van der Waals surface area contributed by atoms with Crippen molar-refractivity contribution in [3.8, 4) is 0 Å². The molecule has 0 spiro atoms. The predicted octanol–water partition coefficient (Wildman–Crippen LogP) is 4.42. The molecule has 0 saturated carbocycles. The molecule has 2 aromatic rings. The summed E-state index contributed by atoms with van der Waals surface area (Å²) in [6.07, 6.45) is -10.7. The Kier molecular flexibility index (Phi) is 5.36.